The number of hydrogen-bond acceptors (Lipinski definition) is 3. The van der Waals surface area contributed by atoms with Crippen molar-refractivity contribution in [2.24, 2.45) is 0 Å². The van der Waals surface area contributed by atoms with Gasteiger partial charge in [-0.2, -0.15) is 0 Å². The maximum atomic E-state index is 5.81. The molecule has 3 nitrogen and oxygen atoms in total. The first kappa shape index (κ1) is 9.84. The Balaban J connectivity index is 2.65. The van der Waals surface area contributed by atoms with Crippen molar-refractivity contribution in [3.8, 4) is 0 Å². The van der Waals surface area contributed by atoms with Crippen molar-refractivity contribution in [3.63, 3.8) is 0 Å². The molecule has 0 spiro atoms. The first-order valence-electron chi connectivity index (χ1n) is 4.66. The molecular weight excluding hydrogens is 162 g/mol. The van der Waals surface area contributed by atoms with E-state index >= 15 is 0 Å². The molecule has 2 N–H and O–H groups in total. The number of nitrogens with two attached hydrogens (primary N) is 1. The second-order valence-corrected chi connectivity index (χ2v) is 3.21. The van der Waals surface area contributed by atoms with Gasteiger partial charge in [0, 0.05) is 19.8 Å². The van der Waals surface area contributed by atoms with Crippen molar-refractivity contribution in [2.45, 2.75) is 19.8 Å². The lowest BCUT2D eigenvalue weighted by atomic mass is 10.3. The number of rotatable bonds is 4. The van der Waals surface area contributed by atoms with Crippen LogP contribution in [0, 0.1) is 0 Å². The number of anilines is 2. The second kappa shape index (κ2) is 4.70. The van der Waals surface area contributed by atoms with E-state index in [1.807, 2.05) is 19.3 Å². The Hall–Kier alpha value is -1.25. The van der Waals surface area contributed by atoms with Crippen molar-refractivity contribution < 1.29 is 0 Å². The molecule has 1 aromatic rings. The van der Waals surface area contributed by atoms with Gasteiger partial charge in [-0.1, -0.05) is 13.3 Å². The maximum absolute atomic E-state index is 5.81. The zero-order valence-corrected chi connectivity index (χ0v) is 8.33. The number of hydrogen-bond donors (Lipinski definition) is 1. The minimum Gasteiger partial charge on any atom is -0.397 e. The minimum absolute atomic E-state index is 0.800. The first-order valence-corrected chi connectivity index (χ1v) is 4.66. The summed E-state index contributed by atoms with van der Waals surface area (Å²) in [6.07, 6.45) is 5.91. The smallest absolute Gasteiger partial charge is 0.0783 e. The molecule has 0 bridgehead atoms. The van der Waals surface area contributed by atoms with Crippen molar-refractivity contribution in [1.29, 1.82) is 0 Å². The molecule has 0 amide bonds. The highest BCUT2D eigenvalue weighted by Crippen LogP contribution is 2.19. The van der Waals surface area contributed by atoms with Crippen LogP contribution in [0.4, 0.5) is 11.4 Å². The molecule has 3 heteroatoms. The molecule has 1 heterocycles. The summed E-state index contributed by atoms with van der Waals surface area (Å²) in [5.41, 5.74) is 7.64. The SMILES string of the molecule is CCCCN(C)c1cnccc1N. The summed E-state index contributed by atoms with van der Waals surface area (Å²) in [6, 6.07) is 1.83. The molecule has 72 valence electrons. The Morgan fingerprint density at radius 2 is 2.31 bits per heavy atom. The zero-order chi connectivity index (χ0) is 9.68. The van der Waals surface area contributed by atoms with Crippen LogP contribution in [0.2, 0.25) is 0 Å². The molecule has 0 aliphatic carbocycles. The van der Waals surface area contributed by atoms with Gasteiger partial charge in [-0.25, -0.2) is 0 Å². The van der Waals surface area contributed by atoms with Crippen molar-refractivity contribution in [3.05, 3.63) is 18.5 Å². The Bertz CT molecular complexity index is 260. The number of nitrogens with zero attached hydrogens (tertiary/aromatic N) is 2. The Kier molecular flexibility index (Phi) is 3.55. The van der Waals surface area contributed by atoms with Crippen LogP contribution in [0.15, 0.2) is 18.5 Å². The Labute approximate surface area is 79.6 Å². The van der Waals surface area contributed by atoms with E-state index in [4.69, 9.17) is 5.73 Å². The highest BCUT2D eigenvalue weighted by atomic mass is 15.1. The molecule has 0 saturated heterocycles. The fourth-order valence-electron chi connectivity index (χ4n) is 1.23. The van der Waals surface area contributed by atoms with Crippen LogP contribution in [0.3, 0.4) is 0 Å². The van der Waals surface area contributed by atoms with E-state index in [9.17, 15) is 0 Å². The predicted octanol–water partition coefficient (Wildman–Crippen LogP) is 1.90. The average molecular weight is 179 g/mol. The standard InChI is InChI=1S/C10H17N3/c1-3-4-7-13(2)10-8-12-6-5-9(10)11/h5-6,8H,3-4,7H2,1-2H3,(H2,11,12). The third-order valence-corrected chi connectivity index (χ3v) is 2.09. The van der Waals surface area contributed by atoms with Crippen molar-refractivity contribution >= 4 is 11.4 Å². The summed E-state index contributed by atoms with van der Waals surface area (Å²) in [6.45, 7) is 3.22. The molecule has 1 aromatic heterocycles. The molecule has 0 aliphatic rings. The second-order valence-electron chi connectivity index (χ2n) is 3.21. The van der Waals surface area contributed by atoms with Gasteiger partial charge in [-0.3, -0.25) is 4.98 Å². The van der Waals surface area contributed by atoms with Crippen LogP contribution < -0.4 is 10.6 Å². The van der Waals surface area contributed by atoms with Gasteiger partial charge in [0.2, 0.25) is 0 Å². The number of nitrogen functional groups attached to an aromatic ring is 1. The van der Waals surface area contributed by atoms with Crippen LogP contribution in [0.1, 0.15) is 19.8 Å². The monoisotopic (exact) mass is 179 g/mol. The third kappa shape index (κ3) is 2.61. The quantitative estimate of drug-likeness (QED) is 0.767. The van der Waals surface area contributed by atoms with Gasteiger partial charge in [0.1, 0.15) is 0 Å². The lowest BCUT2D eigenvalue weighted by molar-refractivity contribution is 0.766. The summed E-state index contributed by atoms with van der Waals surface area (Å²) >= 11 is 0. The van der Waals surface area contributed by atoms with Crippen molar-refractivity contribution in [2.75, 3.05) is 24.2 Å². The van der Waals surface area contributed by atoms with Crippen LogP contribution in [-0.4, -0.2) is 18.6 Å². The zero-order valence-electron chi connectivity index (χ0n) is 8.33. The molecule has 0 aromatic carbocycles. The summed E-state index contributed by atoms with van der Waals surface area (Å²) in [5, 5.41) is 0. The van der Waals surface area contributed by atoms with Gasteiger partial charge in [-0.05, 0) is 12.5 Å². The third-order valence-electron chi connectivity index (χ3n) is 2.09. The molecule has 1 rings (SSSR count). The van der Waals surface area contributed by atoms with Crippen LogP contribution in [0.5, 0.6) is 0 Å². The number of aromatic nitrogens is 1. The largest absolute Gasteiger partial charge is 0.397 e. The molecule has 0 aliphatic heterocycles. The van der Waals surface area contributed by atoms with E-state index in [0.717, 1.165) is 17.9 Å². The Morgan fingerprint density at radius 3 is 2.92 bits per heavy atom. The van der Waals surface area contributed by atoms with E-state index in [0.29, 0.717) is 0 Å². The first-order chi connectivity index (χ1) is 6.25. The minimum atomic E-state index is 0.800. The predicted molar refractivity (Wildman–Crippen MR) is 56.8 cm³/mol. The van der Waals surface area contributed by atoms with Crippen LogP contribution >= 0.6 is 0 Å². The molecule has 0 radical (unpaired) electrons. The van der Waals surface area contributed by atoms with Gasteiger partial charge in [0.05, 0.1) is 17.6 Å². The number of pyridine rings is 1. The van der Waals surface area contributed by atoms with E-state index < -0.39 is 0 Å². The van der Waals surface area contributed by atoms with E-state index in [1.165, 1.54) is 12.8 Å². The molecule has 13 heavy (non-hydrogen) atoms. The highest BCUT2D eigenvalue weighted by molar-refractivity contribution is 5.65. The van der Waals surface area contributed by atoms with Gasteiger partial charge in [0.15, 0.2) is 0 Å². The van der Waals surface area contributed by atoms with E-state index in [2.05, 4.69) is 16.8 Å². The fourth-order valence-corrected chi connectivity index (χ4v) is 1.23. The summed E-state index contributed by atoms with van der Waals surface area (Å²) in [5.74, 6) is 0. The number of unbranched alkanes of at least 4 members (excludes halogenated alkanes) is 1. The van der Waals surface area contributed by atoms with Gasteiger partial charge in [-0.15, -0.1) is 0 Å². The van der Waals surface area contributed by atoms with Gasteiger partial charge < -0.3 is 10.6 Å². The topological polar surface area (TPSA) is 42.2 Å². The molecule has 0 unspecified atom stereocenters. The van der Waals surface area contributed by atoms with E-state index in [1.54, 1.807) is 6.20 Å². The lowest BCUT2D eigenvalue weighted by Crippen LogP contribution is -2.19. The maximum Gasteiger partial charge on any atom is 0.0783 e. The molecule has 0 fully saturated rings. The van der Waals surface area contributed by atoms with Gasteiger partial charge in [0.25, 0.3) is 0 Å². The average Bonchev–Trinajstić information content (AvgIpc) is 2.15. The molecule has 0 saturated carbocycles. The van der Waals surface area contributed by atoms with Crippen LogP contribution in [0.25, 0.3) is 0 Å². The van der Waals surface area contributed by atoms with Crippen LogP contribution in [-0.2, 0) is 0 Å². The fraction of sp³-hybridized carbons (Fsp3) is 0.500. The molecular formula is C10H17N3. The highest BCUT2D eigenvalue weighted by Gasteiger charge is 2.03. The summed E-state index contributed by atoms with van der Waals surface area (Å²) in [4.78, 5) is 6.20. The summed E-state index contributed by atoms with van der Waals surface area (Å²) in [7, 11) is 2.04. The Morgan fingerprint density at radius 1 is 1.54 bits per heavy atom. The summed E-state index contributed by atoms with van der Waals surface area (Å²) < 4.78 is 0. The lowest BCUT2D eigenvalue weighted by Gasteiger charge is -2.19. The van der Waals surface area contributed by atoms with Gasteiger partial charge >= 0.3 is 0 Å². The normalized spacial score (nSPS) is 10.0. The van der Waals surface area contributed by atoms with Crippen molar-refractivity contribution in [1.82, 2.24) is 4.98 Å². The molecule has 0 atom stereocenters. The van der Waals surface area contributed by atoms with E-state index in [-0.39, 0.29) is 0 Å².